The van der Waals surface area contributed by atoms with Gasteiger partial charge in [-0.05, 0) is 56.0 Å². The quantitative estimate of drug-likeness (QED) is 0.721. The van der Waals surface area contributed by atoms with Gasteiger partial charge in [-0.15, -0.1) is 0 Å². The lowest BCUT2D eigenvalue weighted by Gasteiger charge is -2.10. The summed E-state index contributed by atoms with van der Waals surface area (Å²) in [5.41, 5.74) is 5.37. The van der Waals surface area contributed by atoms with Crippen LogP contribution in [-0.4, -0.2) is 5.11 Å². The van der Waals surface area contributed by atoms with Crippen molar-refractivity contribution >= 4 is 6.08 Å². The molecule has 0 aliphatic carbocycles. The Bertz CT molecular complexity index is 425. The lowest BCUT2D eigenvalue weighted by Crippen LogP contribution is -1.91. The molecule has 0 saturated heterocycles. The molecule has 1 aromatic rings. The molecule has 0 aliphatic rings. The molecule has 0 amide bonds. The van der Waals surface area contributed by atoms with Crippen LogP contribution in [0.25, 0.3) is 6.08 Å². The van der Waals surface area contributed by atoms with Gasteiger partial charge in [0.2, 0.25) is 0 Å². The number of rotatable bonds is 2. The van der Waals surface area contributed by atoms with Crippen molar-refractivity contribution in [1.29, 1.82) is 0 Å². The first-order valence-corrected chi connectivity index (χ1v) is 5.07. The lowest BCUT2D eigenvalue weighted by atomic mass is 9.97. The van der Waals surface area contributed by atoms with Crippen LogP contribution >= 0.6 is 0 Å². The van der Waals surface area contributed by atoms with E-state index in [2.05, 4.69) is 12.7 Å². The Morgan fingerprint density at radius 3 is 2.40 bits per heavy atom. The molecule has 0 radical (unpaired) electrons. The van der Waals surface area contributed by atoms with Gasteiger partial charge in [-0.25, -0.2) is 0 Å². The molecular weight excluding hydrogens is 184 g/mol. The van der Waals surface area contributed by atoms with Gasteiger partial charge in [-0.3, -0.25) is 0 Å². The molecule has 0 aromatic heterocycles. The standard InChI is InChI=1S/C14H18O/c1-9(2)6-7-13-10(3)8-14(15)12(5)11(13)4/h6-8,15H,1H2,2-5H3/b7-6+. The van der Waals surface area contributed by atoms with Gasteiger partial charge < -0.3 is 5.11 Å². The minimum absolute atomic E-state index is 0.373. The fourth-order valence-electron chi connectivity index (χ4n) is 1.56. The zero-order valence-electron chi connectivity index (χ0n) is 9.89. The summed E-state index contributed by atoms with van der Waals surface area (Å²) in [6.45, 7) is 11.8. The topological polar surface area (TPSA) is 20.2 Å². The van der Waals surface area contributed by atoms with Crippen LogP contribution < -0.4 is 0 Å². The highest BCUT2D eigenvalue weighted by molar-refractivity contribution is 5.63. The van der Waals surface area contributed by atoms with Crippen molar-refractivity contribution in [3.05, 3.63) is 46.5 Å². The van der Waals surface area contributed by atoms with E-state index in [1.165, 1.54) is 5.56 Å². The largest absolute Gasteiger partial charge is 0.508 e. The summed E-state index contributed by atoms with van der Waals surface area (Å²) in [6.07, 6.45) is 4.05. The van der Waals surface area contributed by atoms with Crippen LogP contribution in [0, 0.1) is 20.8 Å². The average molecular weight is 202 g/mol. The molecule has 80 valence electrons. The third kappa shape index (κ3) is 2.50. The van der Waals surface area contributed by atoms with Crippen LogP contribution in [0.1, 0.15) is 29.2 Å². The second-order valence-corrected chi connectivity index (χ2v) is 4.06. The van der Waals surface area contributed by atoms with E-state index >= 15 is 0 Å². The first-order chi connectivity index (χ1) is 6.93. The van der Waals surface area contributed by atoms with Crippen molar-refractivity contribution in [2.24, 2.45) is 0 Å². The van der Waals surface area contributed by atoms with Crippen LogP contribution in [-0.2, 0) is 0 Å². The van der Waals surface area contributed by atoms with Gasteiger partial charge in [0.1, 0.15) is 5.75 Å². The number of hydrogen-bond donors (Lipinski definition) is 1. The summed E-state index contributed by atoms with van der Waals surface area (Å²) in [7, 11) is 0. The molecule has 1 rings (SSSR count). The lowest BCUT2D eigenvalue weighted by molar-refractivity contribution is 0.470. The molecule has 0 unspecified atom stereocenters. The number of hydrogen-bond acceptors (Lipinski definition) is 1. The number of phenols is 1. The van der Waals surface area contributed by atoms with Gasteiger partial charge in [-0.1, -0.05) is 24.3 Å². The van der Waals surface area contributed by atoms with Crippen LogP contribution in [0.4, 0.5) is 0 Å². The molecule has 0 heterocycles. The molecule has 0 aliphatic heterocycles. The number of aryl methyl sites for hydroxylation is 1. The van der Waals surface area contributed by atoms with E-state index in [-0.39, 0.29) is 0 Å². The Morgan fingerprint density at radius 1 is 1.27 bits per heavy atom. The molecule has 0 bridgehead atoms. The monoisotopic (exact) mass is 202 g/mol. The minimum atomic E-state index is 0.373. The summed E-state index contributed by atoms with van der Waals surface area (Å²) in [4.78, 5) is 0. The molecule has 0 atom stereocenters. The van der Waals surface area contributed by atoms with Crippen molar-refractivity contribution in [2.75, 3.05) is 0 Å². The van der Waals surface area contributed by atoms with Crippen LogP contribution in [0.3, 0.4) is 0 Å². The Hall–Kier alpha value is -1.50. The van der Waals surface area contributed by atoms with Crippen LogP contribution in [0.15, 0.2) is 24.3 Å². The average Bonchev–Trinajstić information content (AvgIpc) is 2.14. The maximum Gasteiger partial charge on any atom is 0.119 e. The van der Waals surface area contributed by atoms with E-state index in [4.69, 9.17) is 0 Å². The van der Waals surface area contributed by atoms with Crippen molar-refractivity contribution in [2.45, 2.75) is 27.7 Å². The van der Waals surface area contributed by atoms with Gasteiger partial charge in [0.05, 0.1) is 0 Å². The van der Waals surface area contributed by atoms with E-state index in [0.717, 1.165) is 22.3 Å². The number of benzene rings is 1. The van der Waals surface area contributed by atoms with Crippen molar-refractivity contribution in [3.8, 4) is 5.75 Å². The maximum absolute atomic E-state index is 9.64. The second kappa shape index (κ2) is 4.35. The smallest absolute Gasteiger partial charge is 0.119 e. The minimum Gasteiger partial charge on any atom is -0.508 e. The highest BCUT2D eigenvalue weighted by Crippen LogP contribution is 2.27. The summed E-state index contributed by atoms with van der Waals surface area (Å²) in [6, 6.07) is 1.81. The van der Waals surface area contributed by atoms with Gasteiger partial charge in [0, 0.05) is 0 Å². The third-order valence-electron chi connectivity index (χ3n) is 2.66. The Kier molecular flexibility index (Phi) is 3.35. The molecular formula is C14H18O. The van der Waals surface area contributed by atoms with E-state index in [1.54, 1.807) is 6.07 Å². The summed E-state index contributed by atoms with van der Waals surface area (Å²) >= 11 is 0. The Morgan fingerprint density at radius 2 is 1.87 bits per heavy atom. The Balaban J connectivity index is 3.30. The second-order valence-electron chi connectivity index (χ2n) is 4.06. The normalized spacial score (nSPS) is 10.9. The fourth-order valence-corrected chi connectivity index (χ4v) is 1.56. The van der Waals surface area contributed by atoms with Crippen molar-refractivity contribution in [1.82, 2.24) is 0 Å². The van der Waals surface area contributed by atoms with Gasteiger partial charge in [0.25, 0.3) is 0 Å². The first kappa shape index (κ1) is 11.6. The summed E-state index contributed by atoms with van der Waals surface area (Å²) in [5.74, 6) is 0.373. The zero-order valence-corrected chi connectivity index (χ0v) is 9.89. The molecule has 1 N–H and O–H groups in total. The highest BCUT2D eigenvalue weighted by atomic mass is 16.3. The molecule has 0 fully saturated rings. The SMILES string of the molecule is C=C(C)/C=C/c1c(C)cc(O)c(C)c1C. The van der Waals surface area contributed by atoms with Gasteiger partial charge in [-0.2, -0.15) is 0 Å². The zero-order chi connectivity index (χ0) is 11.6. The van der Waals surface area contributed by atoms with Crippen molar-refractivity contribution in [3.63, 3.8) is 0 Å². The molecule has 1 aromatic carbocycles. The molecule has 0 spiro atoms. The third-order valence-corrected chi connectivity index (χ3v) is 2.66. The Labute approximate surface area is 91.8 Å². The molecule has 0 saturated carbocycles. The van der Waals surface area contributed by atoms with E-state index in [1.807, 2.05) is 33.8 Å². The van der Waals surface area contributed by atoms with Crippen LogP contribution in [0.2, 0.25) is 0 Å². The van der Waals surface area contributed by atoms with E-state index < -0.39 is 0 Å². The van der Waals surface area contributed by atoms with E-state index in [9.17, 15) is 5.11 Å². The fraction of sp³-hybridized carbons (Fsp3) is 0.286. The van der Waals surface area contributed by atoms with Crippen molar-refractivity contribution < 1.29 is 5.11 Å². The number of phenolic OH excluding ortho intramolecular Hbond substituents is 1. The van der Waals surface area contributed by atoms with Crippen LogP contribution in [0.5, 0.6) is 5.75 Å². The molecule has 1 nitrogen and oxygen atoms in total. The highest BCUT2D eigenvalue weighted by Gasteiger charge is 2.06. The predicted molar refractivity (Wildman–Crippen MR) is 66.2 cm³/mol. The first-order valence-electron chi connectivity index (χ1n) is 5.07. The number of allylic oxidation sites excluding steroid dienone is 2. The predicted octanol–water partition coefficient (Wildman–Crippen LogP) is 3.91. The maximum atomic E-state index is 9.64. The molecule has 1 heteroatoms. The molecule has 15 heavy (non-hydrogen) atoms. The summed E-state index contributed by atoms with van der Waals surface area (Å²) in [5, 5.41) is 9.64. The summed E-state index contributed by atoms with van der Waals surface area (Å²) < 4.78 is 0. The van der Waals surface area contributed by atoms with E-state index in [0.29, 0.717) is 5.75 Å². The van der Waals surface area contributed by atoms with Gasteiger partial charge >= 0.3 is 0 Å². The number of aromatic hydroxyl groups is 1. The van der Waals surface area contributed by atoms with Gasteiger partial charge in [0.15, 0.2) is 0 Å².